The van der Waals surface area contributed by atoms with E-state index in [2.05, 4.69) is 15.6 Å². The Morgan fingerprint density at radius 1 is 1.39 bits per heavy atom. The molecule has 2 rings (SSSR count). The van der Waals surface area contributed by atoms with Gasteiger partial charge in [-0.05, 0) is 31.9 Å². The van der Waals surface area contributed by atoms with Crippen molar-refractivity contribution in [2.75, 3.05) is 11.5 Å². The lowest BCUT2D eigenvalue weighted by atomic mass is 10.1. The zero-order chi connectivity index (χ0) is 17.0. The average Bonchev–Trinajstić information content (AvgIpc) is 2.85. The first-order valence-electron chi connectivity index (χ1n) is 7.59. The summed E-state index contributed by atoms with van der Waals surface area (Å²) in [6.07, 6.45) is 2.61. The van der Waals surface area contributed by atoms with Gasteiger partial charge in [0, 0.05) is 23.8 Å². The molecule has 0 bridgehead atoms. The summed E-state index contributed by atoms with van der Waals surface area (Å²) in [6, 6.07) is 2.55. The predicted molar refractivity (Wildman–Crippen MR) is 86.0 cm³/mol. The molecule has 2 atom stereocenters. The number of hydrogen-bond donors (Lipinski definition) is 2. The molecular weight excluding hydrogens is 318 g/mol. The molecule has 1 aromatic rings. The SMILES string of the molecule is CCC(C)NC(=O)c1cc(C(=O)NC2CCS(=O)(=O)C2)ccn1. The smallest absolute Gasteiger partial charge is 0.270 e. The van der Waals surface area contributed by atoms with E-state index in [0.29, 0.717) is 12.0 Å². The molecular formula is C15H21N3O4S. The van der Waals surface area contributed by atoms with E-state index in [1.165, 1.54) is 18.3 Å². The third-order valence-electron chi connectivity index (χ3n) is 3.81. The summed E-state index contributed by atoms with van der Waals surface area (Å²) in [7, 11) is -3.05. The van der Waals surface area contributed by atoms with Crippen molar-refractivity contribution in [3.8, 4) is 0 Å². The number of aromatic nitrogens is 1. The van der Waals surface area contributed by atoms with Crippen molar-refractivity contribution in [3.63, 3.8) is 0 Å². The third-order valence-corrected chi connectivity index (χ3v) is 5.58. The Hall–Kier alpha value is -1.96. The number of pyridine rings is 1. The first-order valence-corrected chi connectivity index (χ1v) is 9.41. The molecule has 7 nitrogen and oxygen atoms in total. The topological polar surface area (TPSA) is 105 Å². The lowest BCUT2D eigenvalue weighted by Crippen LogP contribution is -2.36. The van der Waals surface area contributed by atoms with Crippen LogP contribution in [-0.2, 0) is 9.84 Å². The summed E-state index contributed by atoms with van der Waals surface area (Å²) in [5.41, 5.74) is 0.454. The molecule has 0 aromatic carbocycles. The molecule has 2 N–H and O–H groups in total. The van der Waals surface area contributed by atoms with Crippen LogP contribution in [0.15, 0.2) is 18.3 Å². The minimum Gasteiger partial charge on any atom is -0.348 e. The standard InChI is InChI=1S/C15H21N3O4S/c1-3-10(2)17-15(20)13-8-11(4-6-16-13)14(19)18-12-5-7-23(21,22)9-12/h4,6,8,10,12H,3,5,7,9H2,1-2H3,(H,17,20)(H,18,19). The Kier molecular flexibility index (Phi) is 5.35. The quantitative estimate of drug-likeness (QED) is 0.814. The van der Waals surface area contributed by atoms with Gasteiger partial charge in [-0.2, -0.15) is 0 Å². The molecule has 1 saturated heterocycles. The molecule has 0 saturated carbocycles. The second kappa shape index (κ2) is 7.08. The highest BCUT2D eigenvalue weighted by Gasteiger charge is 2.29. The van der Waals surface area contributed by atoms with Crippen LogP contribution in [0.3, 0.4) is 0 Å². The van der Waals surface area contributed by atoms with Gasteiger partial charge >= 0.3 is 0 Å². The van der Waals surface area contributed by atoms with Crippen molar-refractivity contribution in [1.29, 1.82) is 0 Å². The summed E-state index contributed by atoms with van der Waals surface area (Å²) < 4.78 is 22.8. The number of carbonyl (C=O) groups excluding carboxylic acids is 2. The van der Waals surface area contributed by atoms with Gasteiger partial charge in [-0.25, -0.2) is 8.42 Å². The van der Waals surface area contributed by atoms with Gasteiger partial charge < -0.3 is 10.6 Å². The van der Waals surface area contributed by atoms with Crippen LogP contribution in [0.5, 0.6) is 0 Å². The maximum Gasteiger partial charge on any atom is 0.270 e. The summed E-state index contributed by atoms with van der Waals surface area (Å²) in [5, 5.41) is 5.47. The number of sulfone groups is 1. The first-order chi connectivity index (χ1) is 10.8. The molecule has 1 aromatic heterocycles. The molecule has 0 spiro atoms. The minimum atomic E-state index is -3.05. The Bertz CT molecular complexity index is 702. The fraction of sp³-hybridized carbons (Fsp3) is 0.533. The van der Waals surface area contributed by atoms with Gasteiger partial charge in [-0.15, -0.1) is 0 Å². The van der Waals surface area contributed by atoms with Crippen LogP contribution in [0.1, 0.15) is 47.5 Å². The van der Waals surface area contributed by atoms with Gasteiger partial charge in [0.1, 0.15) is 5.69 Å². The number of carbonyl (C=O) groups is 2. The fourth-order valence-electron chi connectivity index (χ4n) is 2.27. The molecule has 2 amide bonds. The van der Waals surface area contributed by atoms with Gasteiger partial charge in [0.25, 0.3) is 11.8 Å². The van der Waals surface area contributed by atoms with E-state index in [9.17, 15) is 18.0 Å². The zero-order valence-corrected chi connectivity index (χ0v) is 14.0. The number of rotatable bonds is 5. The van der Waals surface area contributed by atoms with Crippen LogP contribution in [0.2, 0.25) is 0 Å². The van der Waals surface area contributed by atoms with E-state index < -0.39 is 15.7 Å². The van der Waals surface area contributed by atoms with Crippen molar-refractivity contribution >= 4 is 21.7 Å². The molecule has 2 heterocycles. The lowest BCUT2D eigenvalue weighted by Gasteiger charge is -2.13. The highest BCUT2D eigenvalue weighted by molar-refractivity contribution is 7.91. The average molecular weight is 339 g/mol. The fourth-order valence-corrected chi connectivity index (χ4v) is 3.95. The highest BCUT2D eigenvalue weighted by Crippen LogP contribution is 2.12. The van der Waals surface area contributed by atoms with Crippen molar-refractivity contribution in [3.05, 3.63) is 29.6 Å². The van der Waals surface area contributed by atoms with Crippen molar-refractivity contribution in [2.45, 2.75) is 38.8 Å². The number of nitrogens with one attached hydrogen (secondary N) is 2. The minimum absolute atomic E-state index is 0.0190. The van der Waals surface area contributed by atoms with Crippen molar-refractivity contribution in [2.24, 2.45) is 0 Å². The van der Waals surface area contributed by atoms with Gasteiger partial charge in [0.15, 0.2) is 9.84 Å². The van der Waals surface area contributed by atoms with Gasteiger partial charge in [-0.3, -0.25) is 14.6 Å². The van der Waals surface area contributed by atoms with E-state index >= 15 is 0 Å². The predicted octanol–water partition coefficient (Wildman–Crippen LogP) is 0.527. The monoisotopic (exact) mass is 339 g/mol. The first kappa shape index (κ1) is 17.4. The molecule has 2 unspecified atom stereocenters. The van der Waals surface area contributed by atoms with E-state index in [4.69, 9.17) is 0 Å². The largest absolute Gasteiger partial charge is 0.348 e. The molecule has 1 aliphatic heterocycles. The van der Waals surface area contributed by atoms with E-state index in [1.54, 1.807) is 0 Å². The summed E-state index contributed by atoms with van der Waals surface area (Å²) >= 11 is 0. The normalized spacial score (nSPS) is 20.7. The third kappa shape index (κ3) is 4.75. The maximum atomic E-state index is 12.2. The van der Waals surface area contributed by atoms with Crippen LogP contribution >= 0.6 is 0 Å². The Labute approximate surface area is 135 Å². The number of amides is 2. The molecule has 23 heavy (non-hydrogen) atoms. The van der Waals surface area contributed by atoms with Crippen LogP contribution in [0.25, 0.3) is 0 Å². The van der Waals surface area contributed by atoms with Crippen LogP contribution in [0, 0.1) is 0 Å². The Balaban J connectivity index is 2.04. The summed E-state index contributed by atoms with van der Waals surface area (Å²) in [6.45, 7) is 3.84. The lowest BCUT2D eigenvalue weighted by molar-refractivity contribution is 0.0934. The summed E-state index contributed by atoms with van der Waals surface area (Å²) in [4.78, 5) is 28.2. The molecule has 1 aliphatic rings. The van der Waals surface area contributed by atoms with Crippen molar-refractivity contribution in [1.82, 2.24) is 15.6 Å². The second-order valence-corrected chi connectivity index (χ2v) is 8.01. The van der Waals surface area contributed by atoms with E-state index in [1.807, 2.05) is 13.8 Å². The molecule has 1 fully saturated rings. The summed E-state index contributed by atoms with van der Waals surface area (Å²) in [5.74, 6) is -0.674. The highest BCUT2D eigenvalue weighted by atomic mass is 32.2. The molecule has 0 aliphatic carbocycles. The number of hydrogen-bond acceptors (Lipinski definition) is 5. The van der Waals surface area contributed by atoms with E-state index in [0.717, 1.165) is 6.42 Å². The van der Waals surface area contributed by atoms with E-state index in [-0.39, 0.29) is 35.2 Å². The van der Waals surface area contributed by atoms with Crippen molar-refractivity contribution < 1.29 is 18.0 Å². The maximum absolute atomic E-state index is 12.2. The molecule has 126 valence electrons. The Morgan fingerprint density at radius 2 is 2.13 bits per heavy atom. The molecule has 0 radical (unpaired) electrons. The van der Waals surface area contributed by atoms with Crippen LogP contribution in [0.4, 0.5) is 0 Å². The Morgan fingerprint density at radius 3 is 2.74 bits per heavy atom. The van der Waals surface area contributed by atoms with Gasteiger partial charge in [0.05, 0.1) is 11.5 Å². The van der Waals surface area contributed by atoms with Crippen LogP contribution in [-0.4, -0.2) is 48.8 Å². The zero-order valence-electron chi connectivity index (χ0n) is 13.2. The van der Waals surface area contributed by atoms with Gasteiger partial charge in [0.2, 0.25) is 0 Å². The number of nitrogens with zero attached hydrogens (tertiary/aromatic N) is 1. The second-order valence-electron chi connectivity index (χ2n) is 5.79. The van der Waals surface area contributed by atoms with Crippen LogP contribution < -0.4 is 10.6 Å². The van der Waals surface area contributed by atoms with Gasteiger partial charge in [-0.1, -0.05) is 6.92 Å². The molecule has 8 heteroatoms.